The lowest BCUT2D eigenvalue weighted by molar-refractivity contribution is -0.123. The van der Waals surface area contributed by atoms with E-state index in [1.165, 1.54) is 6.07 Å². The molecule has 3 N–H and O–H groups in total. The van der Waals surface area contributed by atoms with Gasteiger partial charge in [0, 0.05) is 17.0 Å². The van der Waals surface area contributed by atoms with Crippen molar-refractivity contribution in [3.63, 3.8) is 0 Å². The molecule has 0 fully saturated rings. The number of carbonyl (C=O) groups is 2. The van der Waals surface area contributed by atoms with Crippen LogP contribution in [0.1, 0.15) is 15.9 Å². The Morgan fingerprint density at radius 3 is 2.44 bits per heavy atom. The number of hydrogen-bond acceptors (Lipinski definition) is 5. The first-order valence-electron chi connectivity index (χ1n) is 10.2. The minimum atomic E-state index is -0.531. The molecule has 10 heteroatoms. The summed E-state index contributed by atoms with van der Waals surface area (Å²) in [5, 5.41) is 3.13. The van der Waals surface area contributed by atoms with Crippen molar-refractivity contribution < 1.29 is 19.1 Å². The number of benzene rings is 3. The monoisotopic (exact) mass is 517 g/mol. The molecule has 3 aromatic rings. The molecule has 0 radical (unpaired) electrons. The Kier molecular flexibility index (Phi) is 9.51. The van der Waals surface area contributed by atoms with Crippen molar-refractivity contribution in [2.24, 2.45) is 0 Å². The Labute approximate surface area is 212 Å². The minimum Gasteiger partial charge on any atom is -0.493 e. The van der Waals surface area contributed by atoms with E-state index in [0.717, 1.165) is 12.0 Å². The van der Waals surface area contributed by atoms with Gasteiger partial charge in [-0.2, -0.15) is 0 Å². The Morgan fingerprint density at radius 1 is 0.882 bits per heavy atom. The first kappa shape index (κ1) is 25.3. The SMILES string of the molecule is O=C(COc1ccc(Cl)cc1Cl)NNC(=S)NC(=O)c1cccc(OCCc2ccccc2)c1. The summed E-state index contributed by atoms with van der Waals surface area (Å²) < 4.78 is 11.1. The highest BCUT2D eigenvalue weighted by Gasteiger charge is 2.11. The maximum atomic E-state index is 12.5. The zero-order chi connectivity index (χ0) is 24.3. The van der Waals surface area contributed by atoms with Gasteiger partial charge in [0.15, 0.2) is 11.7 Å². The highest BCUT2D eigenvalue weighted by Crippen LogP contribution is 2.27. The van der Waals surface area contributed by atoms with E-state index >= 15 is 0 Å². The lowest BCUT2D eigenvalue weighted by Crippen LogP contribution is -2.49. The van der Waals surface area contributed by atoms with Crippen LogP contribution in [-0.4, -0.2) is 30.1 Å². The average Bonchev–Trinajstić information content (AvgIpc) is 2.83. The van der Waals surface area contributed by atoms with Gasteiger partial charge in [0.05, 0.1) is 11.6 Å². The Balaban J connectivity index is 1.40. The Hall–Kier alpha value is -3.33. The van der Waals surface area contributed by atoms with Crippen LogP contribution >= 0.6 is 35.4 Å². The zero-order valence-electron chi connectivity index (χ0n) is 17.8. The number of thiocarbonyl (C=S) groups is 1. The van der Waals surface area contributed by atoms with Gasteiger partial charge in [0.1, 0.15) is 11.5 Å². The number of halogens is 2. The zero-order valence-corrected chi connectivity index (χ0v) is 20.2. The van der Waals surface area contributed by atoms with Crippen molar-refractivity contribution in [2.75, 3.05) is 13.2 Å². The molecule has 176 valence electrons. The van der Waals surface area contributed by atoms with Gasteiger partial charge in [-0.05, 0) is 54.2 Å². The van der Waals surface area contributed by atoms with Gasteiger partial charge in [-0.15, -0.1) is 0 Å². The summed E-state index contributed by atoms with van der Waals surface area (Å²) in [4.78, 5) is 24.4. The van der Waals surface area contributed by atoms with E-state index in [2.05, 4.69) is 16.2 Å². The first-order chi connectivity index (χ1) is 16.4. The van der Waals surface area contributed by atoms with E-state index in [4.69, 9.17) is 44.9 Å². The third-order valence-electron chi connectivity index (χ3n) is 4.39. The van der Waals surface area contributed by atoms with E-state index < -0.39 is 11.8 Å². The molecule has 0 saturated heterocycles. The van der Waals surface area contributed by atoms with E-state index in [9.17, 15) is 9.59 Å². The molecular weight excluding hydrogens is 497 g/mol. The fourth-order valence-corrected chi connectivity index (χ4v) is 3.37. The van der Waals surface area contributed by atoms with Gasteiger partial charge in [-0.25, -0.2) is 0 Å². The highest BCUT2D eigenvalue weighted by atomic mass is 35.5. The number of rotatable bonds is 8. The molecule has 0 saturated carbocycles. The molecule has 0 aliphatic rings. The standard InChI is InChI=1S/C24H21Cl2N3O4S/c25-18-9-10-21(20(26)14-18)33-15-22(30)28-29-24(34)27-23(31)17-7-4-8-19(13-17)32-12-11-16-5-2-1-3-6-16/h1-10,13-14H,11-12,15H2,(H,28,30)(H2,27,29,31,34). The molecule has 0 heterocycles. The molecule has 0 aliphatic heterocycles. The molecule has 3 aromatic carbocycles. The van der Waals surface area contributed by atoms with Crippen LogP contribution in [0.15, 0.2) is 72.8 Å². The summed E-state index contributed by atoms with van der Waals surface area (Å²) in [7, 11) is 0. The maximum absolute atomic E-state index is 12.5. The van der Waals surface area contributed by atoms with Crippen LogP contribution in [0.2, 0.25) is 10.0 Å². The lowest BCUT2D eigenvalue weighted by Gasteiger charge is -2.12. The van der Waals surface area contributed by atoms with Crippen LogP contribution < -0.4 is 25.6 Å². The second-order valence-corrected chi connectivity index (χ2v) is 8.18. The number of ether oxygens (including phenoxy) is 2. The van der Waals surface area contributed by atoms with E-state index in [-0.39, 0.29) is 16.7 Å². The summed E-state index contributed by atoms with van der Waals surface area (Å²) in [6.07, 6.45) is 0.749. The van der Waals surface area contributed by atoms with Gasteiger partial charge in [0.2, 0.25) is 0 Å². The normalized spacial score (nSPS) is 10.2. The van der Waals surface area contributed by atoms with E-state index in [1.807, 2.05) is 30.3 Å². The third kappa shape index (κ3) is 8.22. The van der Waals surface area contributed by atoms with Gasteiger partial charge >= 0.3 is 0 Å². The predicted octanol–water partition coefficient (Wildman–Crippen LogP) is 4.33. The fraction of sp³-hybridized carbons (Fsp3) is 0.125. The summed E-state index contributed by atoms with van der Waals surface area (Å²) in [6, 6.07) is 21.3. The van der Waals surface area contributed by atoms with E-state index in [1.54, 1.807) is 36.4 Å². The Bertz CT molecular complexity index is 1160. The summed E-state index contributed by atoms with van der Waals surface area (Å²) in [5.74, 6) is -0.113. The number of carbonyl (C=O) groups excluding carboxylic acids is 2. The molecule has 7 nitrogen and oxygen atoms in total. The topological polar surface area (TPSA) is 88.7 Å². The van der Waals surface area contributed by atoms with Crippen LogP contribution in [0.5, 0.6) is 11.5 Å². The van der Waals surface area contributed by atoms with Gasteiger partial charge in [-0.3, -0.25) is 25.8 Å². The second-order valence-electron chi connectivity index (χ2n) is 6.93. The quantitative estimate of drug-likeness (QED) is 0.304. The van der Waals surface area contributed by atoms with Crippen molar-refractivity contribution >= 4 is 52.3 Å². The largest absolute Gasteiger partial charge is 0.493 e. The van der Waals surface area contributed by atoms with Crippen molar-refractivity contribution in [1.82, 2.24) is 16.2 Å². The van der Waals surface area contributed by atoms with Gasteiger partial charge in [0.25, 0.3) is 11.8 Å². The molecule has 34 heavy (non-hydrogen) atoms. The molecule has 0 aliphatic carbocycles. The molecular formula is C24H21Cl2N3O4S. The van der Waals surface area contributed by atoms with Gasteiger partial charge in [-0.1, -0.05) is 59.6 Å². The number of hydrogen-bond donors (Lipinski definition) is 3. The maximum Gasteiger partial charge on any atom is 0.276 e. The molecule has 0 atom stereocenters. The minimum absolute atomic E-state index is 0.0849. The molecule has 3 rings (SSSR count). The van der Waals surface area contributed by atoms with Crippen LogP contribution in [0.4, 0.5) is 0 Å². The number of amides is 2. The smallest absolute Gasteiger partial charge is 0.276 e. The number of hydrazine groups is 1. The van der Waals surface area contributed by atoms with Crippen LogP contribution in [0, 0.1) is 0 Å². The predicted molar refractivity (Wildman–Crippen MR) is 135 cm³/mol. The molecule has 2 amide bonds. The third-order valence-corrected chi connectivity index (χ3v) is 5.13. The van der Waals surface area contributed by atoms with Crippen LogP contribution in [0.25, 0.3) is 0 Å². The van der Waals surface area contributed by atoms with Crippen molar-refractivity contribution in [2.45, 2.75) is 6.42 Å². The summed E-state index contributed by atoms with van der Waals surface area (Å²) in [6.45, 7) is 0.150. The lowest BCUT2D eigenvalue weighted by atomic mass is 10.2. The second kappa shape index (κ2) is 12.8. The molecule has 0 spiro atoms. The molecule has 0 unspecified atom stereocenters. The fourth-order valence-electron chi connectivity index (χ4n) is 2.76. The molecule has 0 aromatic heterocycles. The van der Waals surface area contributed by atoms with Crippen molar-refractivity contribution in [1.29, 1.82) is 0 Å². The average molecular weight is 518 g/mol. The summed E-state index contributed by atoms with van der Waals surface area (Å²) in [5.41, 5.74) is 6.29. The van der Waals surface area contributed by atoms with E-state index in [0.29, 0.717) is 28.7 Å². The van der Waals surface area contributed by atoms with Crippen LogP contribution in [0.3, 0.4) is 0 Å². The molecule has 0 bridgehead atoms. The first-order valence-corrected chi connectivity index (χ1v) is 11.3. The Morgan fingerprint density at radius 2 is 1.68 bits per heavy atom. The highest BCUT2D eigenvalue weighted by molar-refractivity contribution is 7.80. The van der Waals surface area contributed by atoms with Gasteiger partial charge < -0.3 is 9.47 Å². The summed E-state index contributed by atoms with van der Waals surface area (Å²) >= 11 is 16.9. The van der Waals surface area contributed by atoms with Crippen LogP contribution in [-0.2, 0) is 11.2 Å². The van der Waals surface area contributed by atoms with Crippen molar-refractivity contribution in [3.05, 3.63) is 94.0 Å². The number of nitrogens with one attached hydrogen (secondary N) is 3. The van der Waals surface area contributed by atoms with Crippen molar-refractivity contribution in [3.8, 4) is 11.5 Å².